The lowest BCUT2D eigenvalue weighted by molar-refractivity contribution is 0.209. The number of amides is 1. The third-order valence-corrected chi connectivity index (χ3v) is 2.84. The summed E-state index contributed by atoms with van der Waals surface area (Å²) in [5.74, 6) is 0.267. The van der Waals surface area contributed by atoms with Crippen molar-refractivity contribution in [3.63, 3.8) is 0 Å². The molecule has 0 atom stereocenters. The lowest BCUT2D eigenvalue weighted by atomic mass is 10.1. The Morgan fingerprint density at radius 1 is 1.44 bits per heavy atom. The van der Waals surface area contributed by atoms with Gasteiger partial charge in [0, 0.05) is 0 Å². The van der Waals surface area contributed by atoms with Gasteiger partial charge in [-0.25, -0.2) is 9.78 Å². The largest absolute Gasteiger partial charge is 0.465 e. The number of fused-ring (bicyclic) bond motifs is 1. The summed E-state index contributed by atoms with van der Waals surface area (Å²) in [4.78, 5) is 17.6. The number of aryl methyl sites for hydroxylation is 1. The first-order valence-electron chi connectivity index (χ1n) is 6.17. The van der Waals surface area contributed by atoms with Crippen molar-refractivity contribution in [2.45, 2.75) is 32.6 Å². The maximum absolute atomic E-state index is 10.5. The molecule has 0 fully saturated rings. The van der Waals surface area contributed by atoms with Gasteiger partial charge in [-0.1, -0.05) is 25.8 Å². The van der Waals surface area contributed by atoms with Crippen molar-refractivity contribution in [3.05, 3.63) is 23.8 Å². The summed E-state index contributed by atoms with van der Waals surface area (Å²) in [6.07, 6.45) is 3.55. The van der Waals surface area contributed by atoms with E-state index in [0.717, 1.165) is 17.5 Å². The van der Waals surface area contributed by atoms with Crippen LogP contribution in [0.5, 0.6) is 0 Å². The van der Waals surface area contributed by atoms with Gasteiger partial charge in [-0.15, -0.1) is 0 Å². The molecule has 0 aliphatic carbocycles. The zero-order chi connectivity index (χ0) is 13.0. The van der Waals surface area contributed by atoms with E-state index in [1.54, 1.807) is 0 Å². The average molecular weight is 247 g/mol. The summed E-state index contributed by atoms with van der Waals surface area (Å²) in [6.45, 7) is 2.18. The van der Waals surface area contributed by atoms with Gasteiger partial charge in [-0.2, -0.15) is 0 Å². The first-order valence-corrected chi connectivity index (χ1v) is 6.17. The Labute approximate surface area is 105 Å². The number of carbonyl (C=O) groups is 1. The van der Waals surface area contributed by atoms with Crippen LogP contribution in [0.15, 0.2) is 18.2 Å². The highest BCUT2D eigenvalue weighted by molar-refractivity contribution is 5.85. The summed E-state index contributed by atoms with van der Waals surface area (Å²) < 4.78 is 0. The third-order valence-electron chi connectivity index (χ3n) is 2.84. The maximum atomic E-state index is 10.5. The van der Waals surface area contributed by atoms with Crippen LogP contribution in [0.1, 0.15) is 31.7 Å². The number of benzene rings is 1. The van der Waals surface area contributed by atoms with Gasteiger partial charge in [0.05, 0.1) is 11.0 Å². The molecule has 0 unspecified atom stereocenters. The molecule has 1 amide bonds. The number of rotatable bonds is 5. The Morgan fingerprint density at radius 2 is 2.28 bits per heavy atom. The van der Waals surface area contributed by atoms with E-state index < -0.39 is 6.09 Å². The standard InChI is InChI=1S/C13H17N3O2/c1-2-3-4-5-9-6-7-10-11(8-9)15-12(14-10)16-13(17)18/h6-8H,2-5H2,1H3,(H,17,18)(H2,14,15,16). The quantitative estimate of drug-likeness (QED) is 0.709. The molecule has 1 aromatic heterocycles. The van der Waals surface area contributed by atoms with Gasteiger partial charge in [-0.05, 0) is 30.5 Å². The molecule has 0 saturated heterocycles. The minimum atomic E-state index is -1.11. The molecule has 18 heavy (non-hydrogen) atoms. The number of carboxylic acid groups (broad SMARTS) is 1. The van der Waals surface area contributed by atoms with E-state index in [1.165, 1.54) is 24.8 Å². The number of nitrogens with one attached hydrogen (secondary N) is 2. The number of H-pyrrole nitrogens is 1. The number of aromatic nitrogens is 2. The van der Waals surface area contributed by atoms with Crippen LogP contribution in [0.2, 0.25) is 0 Å². The molecule has 3 N–H and O–H groups in total. The lowest BCUT2D eigenvalue weighted by Crippen LogP contribution is -2.08. The summed E-state index contributed by atoms with van der Waals surface area (Å²) in [7, 11) is 0. The van der Waals surface area contributed by atoms with Crippen molar-refractivity contribution in [3.8, 4) is 0 Å². The van der Waals surface area contributed by atoms with Crippen molar-refractivity contribution in [1.82, 2.24) is 9.97 Å². The topological polar surface area (TPSA) is 78.0 Å². The zero-order valence-electron chi connectivity index (χ0n) is 10.4. The highest BCUT2D eigenvalue weighted by Gasteiger charge is 2.05. The molecule has 0 radical (unpaired) electrons. The van der Waals surface area contributed by atoms with Crippen LogP contribution in [0, 0.1) is 0 Å². The van der Waals surface area contributed by atoms with Gasteiger partial charge in [-0.3, -0.25) is 5.32 Å². The van der Waals surface area contributed by atoms with Gasteiger partial charge in [0.1, 0.15) is 0 Å². The van der Waals surface area contributed by atoms with Crippen LogP contribution in [0.3, 0.4) is 0 Å². The molecular weight excluding hydrogens is 230 g/mol. The second-order valence-electron chi connectivity index (χ2n) is 4.32. The van der Waals surface area contributed by atoms with E-state index >= 15 is 0 Å². The molecule has 96 valence electrons. The van der Waals surface area contributed by atoms with Crippen molar-refractivity contribution in [2.75, 3.05) is 5.32 Å². The SMILES string of the molecule is CCCCCc1ccc2nc(NC(=O)O)[nH]c2c1. The average Bonchev–Trinajstić information content (AvgIpc) is 2.69. The number of hydrogen-bond donors (Lipinski definition) is 3. The molecule has 1 aromatic carbocycles. The lowest BCUT2D eigenvalue weighted by Gasteiger charge is -1.99. The smallest absolute Gasteiger partial charge is 0.411 e. The second-order valence-corrected chi connectivity index (χ2v) is 4.32. The number of nitrogens with zero attached hydrogens (tertiary/aromatic N) is 1. The minimum Gasteiger partial charge on any atom is -0.465 e. The Balaban J connectivity index is 2.14. The molecular formula is C13H17N3O2. The molecule has 1 heterocycles. The fourth-order valence-electron chi connectivity index (χ4n) is 1.95. The number of aromatic amines is 1. The summed E-state index contributed by atoms with van der Waals surface area (Å²) in [5, 5.41) is 10.8. The molecule has 0 spiro atoms. The number of unbranched alkanes of at least 4 members (excludes halogenated alkanes) is 2. The highest BCUT2D eigenvalue weighted by atomic mass is 16.4. The van der Waals surface area contributed by atoms with Crippen molar-refractivity contribution >= 4 is 23.1 Å². The molecule has 0 bridgehead atoms. The van der Waals surface area contributed by atoms with E-state index in [9.17, 15) is 4.79 Å². The third kappa shape index (κ3) is 3.00. The van der Waals surface area contributed by atoms with E-state index in [0.29, 0.717) is 0 Å². The highest BCUT2D eigenvalue weighted by Crippen LogP contribution is 2.17. The normalized spacial score (nSPS) is 10.7. The van der Waals surface area contributed by atoms with Crippen LogP contribution in [-0.2, 0) is 6.42 Å². The predicted molar refractivity (Wildman–Crippen MR) is 71.0 cm³/mol. The fraction of sp³-hybridized carbons (Fsp3) is 0.385. The first kappa shape index (κ1) is 12.4. The Bertz CT molecular complexity index is 548. The van der Waals surface area contributed by atoms with Crippen LogP contribution < -0.4 is 5.32 Å². The summed E-state index contributed by atoms with van der Waals surface area (Å²) in [5.41, 5.74) is 2.90. The molecule has 2 aromatic rings. The Hall–Kier alpha value is -2.04. The van der Waals surface area contributed by atoms with Crippen LogP contribution in [0.25, 0.3) is 11.0 Å². The number of hydrogen-bond acceptors (Lipinski definition) is 2. The Morgan fingerprint density at radius 3 is 3.00 bits per heavy atom. The van der Waals surface area contributed by atoms with E-state index in [4.69, 9.17) is 5.11 Å². The fourth-order valence-corrected chi connectivity index (χ4v) is 1.95. The van der Waals surface area contributed by atoms with Gasteiger partial charge in [0.25, 0.3) is 0 Å². The predicted octanol–water partition coefficient (Wildman–Crippen LogP) is 3.39. The van der Waals surface area contributed by atoms with Gasteiger partial charge >= 0.3 is 6.09 Å². The molecule has 0 aliphatic rings. The van der Waals surface area contributed by atoms with Gasteiger partial charge in [0.15, 0.2) is 0 Å². The number of imidazole rings is 1. The minimum absolute atomic E-state index is 0.267. The second kappa shape index (κ2) is 5.53. The van der Waals surface area contributed by atoms with Gasteiger partial charge in [0.2, 0.25) is 5.95 Å². The summed E-state index contributed by atoms with van der Waals surface area (Å²) in [6, 6.07) is 5.99. The monoisotopic (exact) mass is 247 g/mol. The van der Waals surface area contributed by atoms with Crippen LogP contribution in [0.4, 0.5) is 10.7 Å². The number of anilines is 1. The van der Waals surface area contributed by atoms with Crippen molar-refractivity contribution < 1.29 is 9.90 Å². The molecule has 2 rings (SSSR count). The molecule has 5 heteroatoms. The van der Waals surface area contributed by atoms with E-state index in [1.807, 2.05) is 18.2 Å². The van der Waals surface area contributed by atoms with E-state index in [-0.39, 0.29) is 5.95 Å². The molecule has 5 nitrogen and oxygen atoms in total. The first-order chi connectivity index (χ1) is 8.69. The molecule has 0 aliphatic heterocycles. The van der Waals surface area contributed by atoms with Crippen LogP contribution >= 0.6 is 0 Å². The summed E-state index contributed by atoms with van der Waals surface area (Å²) >= 11 is 0. The zero-order valence-corrected chi connectivity index (χ0v) is 10.4. The molecule has 0 saturated carbocycles. The Kier molecular flexibility index (Phi) is 3.82. The van der Waals surface area contributed by atoms with Crippen molar-refractivity contribution in [1.29, 1.82) is 0 Å². The van der Waals surface area contributed by atoms with Gasteiger partial charge < -0.3 is 10.1 Å². The van der Waals surface area contributed by atoms with Crippen LogP contribution in [-0.4, -0.2) is 21.2 Å². The van der Waals surface area contributed by atoms with Crippen molar-refractivity contribution in [2.24, 2.45) is 0 Å². The van der Waals surface area contributed by atoms with E-state index in [2.05, 4.69) is 22.2 Å². The maximum Gasteiger partial charge on any atom is 0.411 e.